The number of sulfonamides is 1. The fraction of sp³-hybridized carbons (Fsp3) is 0.176. The lowest BCUT2D eigenvalue weighted by atomic mass is 10.2. The van der Waals surface area contributed by atoms with Crippen molar-refractivity contribution in [3.8, 4) is 0 Å². The maximum absolute atomic E-state index is 13.2. The predicted molar refractivity (Wildman–Crippen MR) is 97.7 cm³/mol. The maximum Gasteiger partial charge on any atom is 0.316 e. The van der Waals surface area contributed by atoms with Crippen molar-refractivity contribution < 1.29 is 26.8 Å². The summed E-state index contributed by atoms with van der Waals surface area (Å²) in [6.45, 7) is -0.0137. The van der Waals surface area contributed by atoms with Crippen LogP contribution in [0.3, 0.4) is 0 Å². The molecule has 0 aliphatic heterocycles. The van der Waals surface area contributed by atoms with Gasteiger partial charge >= 0.3 is 6.03 Å². The van der Waals surface area contributed by atoms with Gasteiger partial charge in [-0.05, 0) is 35.9 Å². The number of hydrogen-bond acceptors (Lipinski definition) is 4. The van der Waals surface area contributed by atoms with E-state index < -0.39 is 38.5 Å². The summed E-state index contributed by atoms with van der Waals surface area (Å²) in [7, 11) is -4.06. The monoisotopic (exact) mass is 412 g/mol. The van der Waals surface area contributed by atoms with Gasteiger partial charge in [0.1, 0.15) is 0 Å². The number of rotatable bonds is 8. The number of amides is 3. The maximum atomic E-state index is 13.2. The van der Waals surface area contributed by atoms with E-state index in [4.69, 9.17) is 5.73 Å². The van der Waals surface area contributed by atoms with E-state index in [1.54, 1.807) is 24.3 Å². The van der Waals surface area contributed by atoms with Crippen LogP contribution in [0.2, 0.25) is 0 Å². The molecule has 0 saturated carbocycles. The number of benzene rings is 2. The summed E-state index contributed by atoms with van der Waals surface area (Å²) < 4.78 is 52.2. The third kappa shape index (κ3) is 6.28. The van der Waals surface area contributed by atoms with Crippen LogP contribution >= 0.6 is 0 Å². The van der Waals surface area contributed by atoms with E-state index in [1.165, 1.54) is 0 Å². The summed E-state index contributed by atoms with van der Waals surface area (Å²) in [4.78, 5) is 22.1. The minimum absolute atomic E-state index is 0.149. The zero-order valence-corrected chi connectivity index (χ0v) is 15.4. The van der Waals surface area contributed by atoms with Crippen molar-refractivity contribution in [3.63, 3.8) is 0 Å². The molecule has 0 unspecified atom stereocenters. The Kier molecular flexibility index (Phi) is 7.01. The van der Waals surface area contributed by atoms with Gasteiger partial charge in [0.2, 0.25) is 15.9 Å². The van der Waals surface area contributed by atoms with Crippen LogP contribution in [0, 0.1) is 11.6 Å². The fourth-order valence-electron chi connectivity index (χ4n) is 2.16. The normalized spacial score (nSPS) is 11.1. The van der Waals surface area contributed by atoms with Gasteiger partial charge in [0.05, 0.1) is 4.90 Å². The van der Waals surface area contributed by atoms with Gasteiger partial charge in [0, 0.05) is 25.2 Å². The molecule has 0 aromatic heterocycles. The van der Waals surface area contributed by atoms with E-state index in [0.29, 0.717) is 17.8 Å². The number of nitrogens with one attached hydrogen (secondary N) is 3. The number of halogens is 2. The minimum Gasteiger partial charge on any atom is -0.352 e. The molecule has 0 spiro atoms. The smallest absolute Gasteiger partial charge is 0.316 e. The van der Waals surface area contributed by atoms with Gasteiger partial charge in [-0.1, -0.05) is 12.1 Å². The van der Waals surface area contributed by atoms with E-state index in [9.17, 15) is 26.8 Å². The minimum atomic E-state index is -4.06. The summed E-state index contributed by atoms with van der Waals surface area (Å²) in [5, 5.41) is 5.01. The van der Waals surface area contributed by atoms with E-state index in [1.807, 2.05) is 0 Å². The van der Waals surface area contributed by atoms with Crippen molar-refractivity contribution in [2.75, 3.05) is 11.9 Å². The summed E-state index contributed by atoms with van der Waals surface area (Å²) in [5.74, 6) is -2.85. The molecule has 28 heavy (non-hydrogen) atoms. The summed E-state index contributed by atoms with van der Waals surface area (Å²) in [6.07, 6.45) is -0.149. The van der Waals surface area contributed by atoms with Crippen molar-refractivity contribution in [3.05, 3.63) is 59.7 Å². The van der Waals surface area contributed by atoms with Gasteiger partial charge < -0.3 is 16.4 Å². The van der Waals surface area contributed by atoms with Crippen LogP contribution in [-0.4, -0.2) is 26.9 Å². The number of hydrogen-bond donors (Lipinski definition) is 4. The molecule has 0 atom stereocenters. The predicted octanol–water partition coefficient (Wildman–Crippen LogP) is 1.44. The molecule has 3 amide bonds. The Morgan fingerprint density at radius 3 is 2.29 bits per heavy atom. The first-order valence-electron chi connectivity index (χ1n) is 8.04. The Morgan fingerprint density at radius 2 is 1.68 bits per heavy atom. The molecule has 11 heteroatoms. The SMILES string of the molecule is NC(=O)Nc1ccc(CNC(=O)CCNS(=O)(=O)c2ccc(F)c(F)c2)cc1. The average molecular weight is 412 g/mol. The summed E-state index contributed by atoms with van der Waals surface area (Å²) >= 11 is 0. The molecule has 150 valence electrons. The first-order chi connectivity index (χ1) is 13.2. The third-order valence-electron chi connectivity index (χ3n) is 3.56. The quantitative estimate of drug-likeness (QED) is 0.523. The van der Waals surface area contributed by atoms with Gasteiger partial charge in [0.15, 0.2) is 11.6 Å². The van der Waals surface area contributed by atoms with Crippen LogP contribution in [0.1, 0.15) is 12.0 Å². The molecular weight excluding hydrogens is 394 g/mol. The largest absolute Gasteiger partial charge is 0.352 e. The number of carbonyl (C=O) groups excluding carboxylic acids is 2. The van der Waals surface area contributed by atoms with Crippen molar-refractivity contribution in [2.24, 2.45) is 5.73 Å². The molecule has 0 aliphatic rings. The average Bonchev–Trinajstić information content (AvgIpc) is 2.62. The zero-order valence-electron chi connectivity index (χ0n) is 14.5. The molecule has 0 aliphatic carbocycles. The van der Waals surface area contributed by atoms with Gasteiger partial charge in [0.25, 0.3) is 0 Å². The molecular formula is C17H18F2N4O4S. The highest BCUT2D eigenvalue weighted by atomic mass is 32.2. The second-order valence-electron chi connectivity index (χ2n) is 5.69. The number of urea groups is 1. The molecule has 2 aromatic carbocycles. The van der Waals surface area contributed by atoms with Crippen LogP contribution in [0.5, 0.6) is 0 Å². The second-order valence-corrected chi connectivity index (χ2v) is 7.45. The molecule has 0 bridgehead atoms. The molecule has 5 N–H and O–H groups in total. The molecule has 8 nitrogen and oxygen atoms in total. The van der Waals surface area contributed by atoms with Crippen LogP contribution in [0.4, 0.5) is 19.3 Å². The fourth-order valence-corrected chi connectivity index (χ4v) is 3.21. The molecule has 2 rings (SSSR count). The number of nitrogens with two attached hydrogens (primary N) is 1. The molecule has 0 fully saturated rings. The van der Waals surface area contributed by atoms with Crippen molar-refractivity contribution in [2.45, 2.75) is 17.9 Å². The lowest BCUT2D eigenvalue weighted by Gasteiger charge is -2.09. The van der Waals surface area contributed by atoms with Crippen LogP contribution in [-0.2, 0) is 21.4 Å². The van der Waals surface area contributed by atoms with Crippen LogP contribution < -0.4 is 21.1 Å². The molecule has 2 aromatic rings. The number of primary amides is 1. The Hall–Kier alpha value is -3.05. The van der Waals surface area contributed by atoms with E-state index >= 15 is 0 Å². The third-order valence-corrected chi connectivity index (χ3v) is 5.02. The highest BCUT2D eigenvalue weighted by Crippen LogP contribution is 2.13. The first-order valence-corrected chi connectivity index (χ1v) is 9.52. The lowest BCUT2D eigenvalue weighted by Crippen LogP contribution is -2.30. The Bertz CT molecular complexity index is 966. The second kappa shape index (κ2) is 9.24. The first kappa shape index (κ1) is 21.3. The van der Waals surface area contributed by atoms with Crippen LogP contribution in [0.25, 0.3) is 0 Å². The van der Waals surface area contributed by atoms with Crippen molar-refractivity contribution in [1.29, 1.82) is 0 Å². The Morgan fingerprint density at radius 1 is 1.00 bits per heavy atom. The number of anilines is 1. The standard InChI is InChI=1S/C17H18F2N4O4S/c18-14-6-5-13(9-15(14)19)28(26,27)22-8-7-16(24)21-10-11-1-3-12(4-2-11)23-17(20)25/h1-6,9,22H,7-8,10H2,(H,21,24)(H3,20,23,25). The summed E-state index contributed by atoms with van der Waals surface area (Å²) in [6, 6.07) is 8.10. The zero-order chi connectivity index (χ0) is 20.7. The molecule has 0 saturated heterocycles. The van der Waals surface area contributed by atoms with E-state index in [-0.39, 0.29) is 19.5 Å². The van der Waals surface area contributed by atoms with Gasteiger partial charge in [-0.25, -0.2) is 26.7 Å². The topological polar surface area (TPSA) is 130 Å². The van der Waals surface area contributed by atoms with Crippen molar-refractivity contribution in [1.82, 2.24) is 10.0 Å². The molecule has 0 heterocycles. The highest BCUT2D eigenvalue weighted by molar-refractivity contribution is 7.89. The molecule has 0 radical (unpaired) electrons. The van der Waals surface area contributed by atoms with E-state index in [0.717, 1.165) is 11.6 Å². The van der Waals surface area contributed by atoms with Crippen molar-refractivity contribution >= 4 is 27.6 Å². The van der Waals surface area contributed by atoms with E-state index in [2.05, 4.69) is 15.4 Å². The lowest BCUT2D eigenvalue weighted by molar-refractivity contribution is -0.121. The Balaban J connectivity index is 1.79. The number of carbonyl (C=O) groups is 2. The van der Waals surface area contributed by atoms with Gasteiger partial charge in [-0.2, -0.15) is 0 Å². The van der Waals surface area contributed by atoms with Gasteiger partial charge in [-0.3, -0.25) is 4.79 Å². The summed E-state index contributed by atoms with van der Waals surface area (Å²) in [5.41, 5.74) is 6.26. The van der Waals surface area contributed by atoms with Crippen LogP contribution in [0.15, 0.2) is 47.4 Å². The van der Waals surface area contributed by atoms with Gasteiger partial charge in [-0.15, -0.1) is 0 Å². The highest BCUT2D eigenvalue weighted by Gasteiger charge is 2.16. The Labute approximate surface area is 160 Å².